The Bertz CT molecular complexity index is 884. The first-order valence-electron chi connectivity index (χ1n) is 8.90. The molecule has 0 atom stereocenters. The van der Waals surface area contributed by atoms with Crippen LogP contribution in [0.4, 0.5) is 5.69 Å². The average molecular weight is 394 g/mol. The van der Waals surface area contributed by atoms with E-state index in [4.69, 9.17) is 21.7 Å². The molecule has 0 radical (unpaired) electrons. The van der Waals surface area contributed by atoms with Crippen molar-refractivity contribution in [1.82, 2.24) is 9.88 Å². The normalized spacial score (nSPS) is 10.2. The standard InChI is InChI=1S/C22H23N3O2S/c1-26-20-9-5-17(6-10-20)15-25(16-18-4-3-13-23-14-18)22(28)24-19-7-11-21(27-2)12-8-19/h3-14H,15-16H2,1-2H3,(H,24,28). The Kier molecular flexibility index (Phi) is 6.81. The number of nitrogens with one attached hydrogen (secondary N) is 1. The molecule has 0 unspecified atom stereocenters. The number of hydrogen-bond acceptors (Lipinski definition) is 4. The van der Waals surface area contributed by atoms with Gasteiger partial charge in [0.25, 0.3) is 0 Å². The van der Waals surface area contributed by atoms with Crippen LogP contribution in [0.2, 0.25) is 0 Å². The topological polar surface area (TPSA) is 46.6 Å². The van der Waals surface area contributed by atoms with Gasteiger partial charge in [0.05, 0.1) is 14.2 Å². The molecule has 0 amide bonds. The fourth-order valence-corrected chi connectivity index (χ4v) is 2.99. The van der Waals surface area contributed by atoms with Crippen molar-refractivity contribution in [2.75, 3.05) is 19.5 Å². The summed E-state index contributed by atoms with van der Waals surface area (Å²) in [6, 6.07) is 19.7. The zero-order valence-corrected chi connectivity index (χ0v) is 16.8. The molecule has 0 bridgehead atoms. The molecule has 144 valence electrons. The smallest absolute Gasteiger partial charge is 0.174 e. The fraction of sp³-hybridized carbons (Fsp3) is 0.182. The molecule has 28 heavy (non-hydrogen) atoms. The molecule has 1 aromatic heterocycles. The lowest BCUT2D eigenvalue weighted by molar-refractivity contribution is 0.407. The molecule has 0 saturated heterocycles. The number of anilines is 1. The van der Waals surface area contributed by atoms with Gasteiger partial charge in [-0.25, -0.2) is 0 Å². The number of nitrogens with zero attached hydrogens (tertiary/aromatic N) is 2. The number of benzene rings is 2. The summed E-state index contributed by atoms with van der Waals surface area (Å²) in [6.07, 6.45) is 3.63. The molecule has 5 nitrogen and oxygen atoms in total. The monoisotopic (exact) mass is 393 g/mol. The molecule has 1 N–H and O–H groups in total. The van der Waals surface area contributed by atoms with Gasteiger partial charge in [0, 0.05) is 31.2 Å². The molecule has 1 heterocycles. The van der Waals surface area contributed by atoms with E-state index >= 15 is 0 Å². The van der Waals surface area contributed by atoms with E-state index in [1.54, 1.807) is 20.4 Å². The van der Waals surface area contributed by atoms with E-state index in [-0.39, 0.29) is 0 Å². The van der Waals surface area contributed by atoms with Crippen LogP contribution < -0.4 is 14.8 Å². The van der Waals surface area contributed by atoms with Gasteiger partial charge in [-0.1, -0.05) is 18.2 Å². The number of aromatic nitrogens is 1. The van der Waals surface area contributed by atoms with Gasteiger partial charge in [-0.15, -0.1) is 0 Å². The first-order chi connectivity index (χ1) is 13.7. The third-order valence-electron chi connectivity index (χ3n) is 4.26. The van der Waals surface area contributed by atoms with E-state index in [0.29, 0.717) is 18.2 Å². The first-order valence-corrected chi connectivity index (χ1v) is 9.30. The highest BCUT2D eigenvalue weighted by Crippen LogP contribution is 2.18. The predicted octanol–water partition coefficient (Wildman–Crippen LogP) is 4.50. The molecule has 6 heteroatoms. The molecule has 0 saturated carbocycles. The molecular weight excluding hydrogens is 370 g/mol. The minimum absolute atomic E-state index is 0.643. The lowest BCUT2D eigenvalue weighted by atomic mass is 10.2. The Hall–Kier alpha value is -3.12. The molecule has 0 aliphatic heterocycles. The van der Waals surface area contributed by atoms with Gasteiger partial charge >= 0.3 is 0 Å². The number of hydrogen-bond donors (Lipinski definition) is 1. The second-order valence-corrected chi connectivity index (χ2v) is 6.61. The van der Waals surface area contributed by atoms with Crippen LogP contribution in [0.5, 0.6) is 11.5 Å². The van der Waals surface area contributed by atoms with E-state index < -0.39 is 0 Å². The van der Waals surface area contributed by atoms with Crippen LogP contribution in [-0.4, -0.2) is 29.2 Å². The van der Waals surface area contributed by atoms with E-state index in [0.717, 1.165) is 28.3 Å². The van der Waals surface area contributed by atoms with Gasteiger partial charge in [0.15, 0.2) is 5.11 Å². The van der Waals surface area contributed by atoms with Crippen molar-refractivity contribution in [3.8, 4) is 11.5 Å². The van der Waals surface area contributed by atoms with Crippen LogP contribution in [0.15, 0.2) is 73.1 Å². The predicted molar refractivity (Wildman–Crippen MR) is 116 cm³/mol. The van der Waals surface area contributed by atoms with Crippen LogP contribution in [0.25, 0.3) is 0 Å². The number of methoxy groups -OCH3 is 2. The lowest BCUT2D eigenvalue weighted by Crippen LogP contribution is -2.33. The summed E-state index contributed by atoms with van der Waals surface area (Å²) >= 11 is 5.70. The maximum absolute atomic E-state index is 5.70. The molecule has 0 fully saturated rings. The molecule has 0 aliphatic carbocycles. The van der Waals surface area contributed by atoms with Gasteiger partial charge in [-0.2, -0.15) is 0 Å². The van der Waals surface area contributed by atoms with Gasteiger partial charge in [-0.05, 0) is 65.8 Å². The van der Waals surface area contributed by atoms with Crippen molar-refractivity contribution >= 4 is 23.0 Å². The minimum Gasteiger partial charge on any atom is -0.497 e. The summed E-state index contributed by atoms with van der Waals surface area (Å²) < 4.78 is 10.5. The second kappa shape index (κ2) is 9.71. The molecule has 0 spiro atoms. The number of ether oxygens (including phenoxy) is 2. The van der Waals surface area contributed by atoms with E-state index in [9.17, 15) is 0 Å². The summed E-state index contributed by atoms with van der Waals surface area (Å²) in [6.45, 7) is 1.32. The Morgan fingerprint density at radius 1 is 0.893 bits per heavy atom. The molecule has 3 aromatic rings. The highest BCUT2D eigenvalue weighted by atomic mass is 32.1. The van der Waals surface area contributed by atoms with Crippen molar-refractivity contribution in [2.45, 2.75) is 13.1 Å². The van der Waals surface area contributed by atoms with Gasteiger partial charge in [-0.3, -0.25) is 4.98 Å². The number of rotatable bonds is 7. The third-order valence-corrected chi connectivity index (χ3v) is 4.62. The molecule has 0 aliphatic rings. The highest BCUT2D eigenvalue weighted by molar-refractivity contribution is 7.80. The summed E-state index contributed by atoms with van der Waals surface area (Å²) in [5.41, 5.74) is 3.15. The summed E-state index contributed by atoms with van der Waals surface area (Å²) in [5.74, 6) is 1.64. The van der Waals surface area contributed by atoms with E-state index in [2.05, 4.69) is 15.2 Å². The molecule has 3 rings (SSSR count). The Labute approximate surface area is 170 Å². The Morgan fingerprint density at radius 2 is 1.50 bits per heavy atom. The van der Waals surface area contributed by atoms with Crippen LogP contribution >= 0.6 is 12.2 Å². The van der Waals surface area contributed by atoms with E-state index in [1.807, 2.05) is 66.9 Å². The average Bonchev–Trinajstić information content (AvgIpc) is 2.75. The molecule has 2 aromatic carbocycles. The maximum atomic E-state index is 5.70. The van der Waals surface area contributed by atoms with Crippen LogP contribution in [-0.2, 0) is 13.1 Å². The van der Waals surface area contributed by atoms with E-state index in [1.165, 1.54) is 0 Å². The SMILES string of the molecule is COc1ccc(CN(Cc2cccnc2)C(=S)Nc2ccc(OC)cc2)cc1. The zero-order chi connectivity index (χ0) is 19.8. The molecular formula is C22H23N3O2S. The third kappa shape index (κ3) is 5.44. The summed E-state index contributed by atoms with van der Waals surface area (Å²) in [7, 11) is 3.31. The van der Waals surface area contributed by atoms with Crippen molar-refractivity contribution in [3.05, 3.63) is 84.2 Å². The number of thiocarbonyl (C=S) groups is 1. The second-order valence-electron chi connectivity index (χ2n) is 6.22. The number of pyridine rings is 1. The quantitative estimate of drug-likeness (QED) is 0.597. The largest absolute Gasteiger partial charge is 0.497 e. The van der Waals surface area contributed by atoms with Crippen molar-refractivity contribution in [2.24, 2.45) is 0 Å². The maximum Gasteiger partial charge on any atom is 0.174 e. The summed E-state index contributed by atoms with van der Waals surface area (Å²) in [5, 5.41) is 3.96. The van der Waals surface area contributed by atoms with Gasteiger partial charge in [0.2, 0.25) is 0 Å². The Morgan fingerprint density at radius 3 is 2.07 bits per heavy atom. The van der Waals surface area contributed by atoms with Gasteiger partial charge < -0.3 is 19.7 Å². The van der Waals surface area contributed by atoms with Crippen molar-refractivity contribution in [1.29, 1.82) is 0 Å². The van der Waals surface area contributed by atoms with Crippen molar-refractivity contribution < 1.29 is 9.47 Å². The van der Waals surface area contributed by atoms with Gasteiger partial charge in [0.1, 0.15) is 11.5 Å². The van der Waals surface area contributed by atoms with Crippen LogP contribution in [0, 0.1) is 0 Å². The highest BCUT2D eigenvalue weighted by Gasteiger charge is 2.12. The Balaban J connectivity index is 1.76. The van der Waals surface area contributed by atoms with Crippen molar-refractivity contribution in [3.63, 3.8) is 0 Å². The first kappa shape index (κ1) is 19.6. The fourth-order valence-electron chi connectivity index (χ4n) is 2.74. The van der Waals surface area contributed by atoms with Crippen LogP contribution in [0.3, 0.4) is 0 Å². The lowest BCUT2D eigenvalue weighted by Gasteiger charge is -2.26. The summed E-state index contributed by atoms with van der Waals surface area (Å²) in [4.78, 5) is 6.32. The zero-order valence-electron chi connectivity index (χ0n) is 16.0. The minimum atomic E-state index is 0.643. The van der Waals surface area contributed by atoms with Crippen LogP contribution in [0.1, 0.15) is 11.1 Å².